The number of hydrogen-bond acceptors (Lipinski definition) is 4. The van der Waals surface area contributed by atoms with E-state index in [0.29, 0.717) is 0 Å². The van der Waals surface area contributed by atoms with Gasteiger partial charge in [0, 0.05) is 22.1 Å². The van der Waals surface area contributed by atoms with Crippen LogP contribution in [0.4, 0.5) is 0 Å². The summed E-state index contributed by atoms with van der Waals surface area (Å²) in [7, 11) is 1.93. The van der Waals surface area contributed by atoms with Gasteiger partial charge in [0.2, 0.25) is 0 Å². The smallest absolute Gasteiger partial charge is 0.143 e. The molecule has 16 heavy (non-hydrogen) atoms. The van der Waals surface area contributed by atoms with Gasteiger partial charge in [0.25, 0.3) is 0 Å². The first-order valence-electron chi connectivity index (χ1n) is 4.96. The quantitative estimate of drug-likeness (QED) is 0.945. The highest BCUT2D eigenvalue weighted by Crippen LogP contribution is 2.29. The zero-order valence-electron chi connectivity index (χ0n) is 9.07. The number of hydrogen-bond donors (Lipinski definition) is 1. The predicted molar refractivity (Wildman–Crippen MR) is 70.5 cm³/mol. The van der Waals surface area contributed by atoms with Crippen molar-refractivity contribution in [1.29, 1.82) is 0 Å². The molecule has 0 bridgehead atoms. The summed E-state index contributed by atoms with van der Waals surface area (Å²) in [6, 6.07) is 4.15. The van der Waals surface area contributed by atoms with E-state index in [9.17, 15) is 0 Å². The van der Waals surface area contributed by atoms with E-state index < -0.39 is 0 Å². The molecule has 0 saturated heterocycles. The largest absolute Gasteiger partial charge is 0.312 e. The van der Waals surface area contributed by atoms with E-state index >= 15 is 0 Å². The zero-order valence-corrected chi connectivity index (χ0v) is 11.5. The molecule has 0 aliphatic heterocycles. The molecule has 84 valence electrons. The van der Waals surface area contributed by atoms with Crippen molar-refractivity contribution in [3.63, 3.8) is 0 Å². The lowest BCUT2D eigenvalue weighted by Gasteiger charge is -2.05. The second kappa shape index (κ2) is 5.03. The van der Waals surface area contributed by atoms with E-state index in [1.807, 2.05) is 19.2 Å². The SMILES string of the molecule is CNC(C)c1csc(-c2ncccc2Br)n1. The molecular formula is C11H12BrN3S. The van der Waals surface area contributed by atoms with E-state index in [1.165, 1.54) is 0 Å². The minimum Gasteiger partial charge on any atom is -0.312 e. The summed E-state index contributed by atoms with van der Waals surface area (Å²) < 4.78 is 0.980. The first-order valence-corrected chi connectivity index (χ1v) is 6.63. The predicted octanol–water partition coefficient (Wildman–Crippen LogP) is 3.25. The fourth-order valence-corrected chi connectivity index (χ4v) is 2.78. The van der Waals surface area contributed by atoms with Gasteiger partial charge < -0.3 is 5.32 Å². The van der Waals surface area contributed by atoms with Crippen molar-refractivity contribution in [2.45, 2.75) is 13.0 Å². The van der Waals surface area contributed by atoms with Crippen LogP contribution in [0.5, 0.6) is 0 Å². The summed E-state index contributed by atoms with van der Waals surface area (Å²) in [6.45, 7) is 2.09. The minimum absolute atomic E-state index is 0.271. The molecule has 0 aromatic carbocycles. The molecule has 1 N–H and O–H groups in total. The summed E-state index contributed by atoms with van der Waals surface area (Å²) in [5.41, 5.74) is 1.96. The first kappa shape index (κ1) is 11.7. The minimum atomic E-state index is 0.271. The Morgan fingerprint density at radius 1 is 1.50 bits per heavy atom. The fourth-order valence-electron chi connectivity index (χ4n) is 1.28. The molecule has 0 fully saturated rings. The van der Waals surface area contributed by atoms with Crippen molar-refractivity contribution in [1.82, 2.24) is 15.3 Å². The average molecular weight is 298 g/mol. The molecule has 0 saturated carbocycles. The molecule has 0 radical (unpaired) electrons. The number of halogens is 1. The van der Waals surface area contributed by atoms with Crippen LogP contribution >= 0.6 is 27.3 Å². The van der Waals surface area contributed by atoms with E-state index in [-0.39, 0.29) is 6.04 Å². The molecule has 2 rings (SSSR count). The monoisotopic (exact) mass is 297 g/mol. The van der Waals surface area contributed by atoms with Crippen LogP contribution in [0.15, 0.2) is 28.2 Å². The number of rotatable bonds is 3. The van der Waals surface area contributed by atoms with Gasteiger partial charge in [-0.05, 0) is 42.0 Å². The van der Waals surface area contributed by atoms with Gasteiger partial charge >= 0.3 is 0 Å². The molecule has 2 aromatic heterocycles. The van der Waals surface area contributed by atoms with Crippen LogP contribution in [0.2, 0.25) is 0 Å². The van der Waals surface area contributed by atoms with Crippen LogP contribution in [-0.2, 0) is 0 Å². The molecular weight excluding hydrogens is 286 g/mol. The third kappa shape index (κ3) is 2.31. The van der Waals surface area contributed by atoms with E-state index in [0.717, 1.165) is 20.9 Å². The van der Waals surface area contributed by atoms with Gasteiger partial charge in [-0.25, -0.2) is 4.98 Å². The van der Waals surface area contributed by atoms with Gasteiger partial charge in [0.15, 0.2) is 0 Å². The maximum absolute atomic E-state index is 4.58. The first-order chi connectivity index (χ1) is 7.72. The molecule has 3 nitrogen and oxygen atoms in total. The Hall–Kier alpha value is -0.780. The molecule has 2 heterocycles. The summed E-state index contributed by atoms with van der Waals surface area (Å²) in [4.78, 5) is 8.90. The van der Waals surface area contributed by atoms with Crippen molar-refractivity contribution in [2.75, 3.05) is 7.05 Å². The van der Waals surface area contributed by atoms with Gasteiger partial charge in [-0.3, -0.25) is 4.98 Å². The molecule has 5 heteroatoms. The van der Waals surface area contributed by atoms with Crippen LogP contribution in [0, 0.1) is 0 Å². The summed E-state index contributed by atoms with van der Waals surface area (Å²) in [5.74, 6) is 0. The van der Waals surface area contributed by atoms with E-state index in [2.05, 4.69) is 43.5 Å². The van der Waals surface area contributed by atoms with Crippen LogP contribution in [0.3, 0.4) is 0 Å². The number of nitrogens with one attached hydrogen (secondary N) is 1. The Labute approximate surface area is 107 Å². The second-order valence-corrected chi connectivity index (χ2v) is 5.13. The molecule has 0 aliphatic rings. The molecule has 0 spiro atoms. The highest BCUT2D eigenvalue weighted by atomic mass is 79.9. The lowest BCUT2D eigenvalue weighted by molar-refractivity contribution is 0.637. The molecule has 0 amide bonds. The number of thiazole rings is 1. The van der Waals surface area contributed by atoms with Crippen molar-refractivity contribution < 1.29 is 0 Å². The lowest BCUT2D eigenvalue weighted by Crippen LogP contribution is -2.12. The summed E-state index contributed by atoms with van der Waals surface area (Å²) in [6.07, 6.45) is 1.78. The number of aromatic nitrogens is 2. The van der Waals surface area contributed by atoms with Crippen molar-refractivity contribution in [3.05, 3.63) is 33.9 Å². The molecule has 0 aliphatic carbocycles. The fraction of sp³-hybridized carbons (Fsp3) is 0.273. The van der Waals surface area contributed by atoms with Crippen LogP contribution in [-0.4, -0.2) is 17.0 Å². The molecule has 1 unspecified atom stereocenters. The molecule has 1 atom stereocenters. The van der Waals surface area contributed by atoms with Crippen molar-refractivity contribution in [3.8, 4) is 10.7 Å². The zero-order chi connectivity index (χ0) is 11.5. The van der Waals surface area contributed by atoms with Gasteiger partial charge in [-0.2, -0.15) is 0 Å². The Morgan fingerprint density at radius 2 is 2.31 bits per heavy atom. The van der Waals surface area contributed by atoms with Crippen LogP contribution in [0.25, 0.3) is 10.7 Å². The van der Waals surface area contributed by atoms with Crippen molar-refractivity contribution in [2.24, 2.45) is 0 Å². The number of nitrogens with zero attached hydrogens (tertiary/aromatic N) is 2. The number of pyridine rings is 1. The normalized spacial score (nSPS) is 12.7. The Bertz CT molecular complexity index is 484. The average Bonchev–Trinajstić information content (AvgIpc) is 2.78. The summed E-state index contributed by atoms with van der Waals surface area (Å²) in [5, 5.41) is 6.19. The van der Waals surface area contributed by atoms with E-state index in [1.54, 1.807) is 17.5 Å². The van der Waals surface area contributed by atoms with Gasteiger partial charge in [-0.1, -0.05) is 0 Å². The maximum atomic E-state index is 4.58. The molecule has 2 aromatic rings. The van der Waals surface area contributed by atoms with Gasteiger partial charge in [0.05, 0.1) is 5.69 Å². The van der Waals surface area contributed by atoms with Gasteiger partial charge in [0.1, 0.15) is 10.7 Å². The summed E-state index contributed by atoms with van der Waals surface area (Å²) >= 11 is 5.10. The topological polar surface area (TPSA) is 37.8 Å². The Kier molecular flexibility index (Phi) is 3.68. The van der Waals surface area contributed by atoms with Crippen LogP contribution in [0.1, 0.15) is 18.7 Å². The third-order valence-electron chi connectivity index (χ3n) is 2.36. The third-order valence-corrected chi connectivity index (χ3v) is 3.87. The van der Waals surface area contributed by atoms with E-state index in [4.69, 9.17) is 0 Å². The van der Waals surface area contributed by atoms with Gasteiger partial charge in [-0.15, -0.1) is 11.3 Å². The lowest BCUT2D eigenvalue weighted by atomic mass is 10.3. The second-order valence-electron chi connectivity index (χ2n) is 3.42. The highest BCUT2D eigenvalue weighted by Gasteiger charge is 2.11. The van der Waals surface area contributed by atoms with Crippen LogP contribution < -0.4 is 5.32 Å². The highest BCUT2D eigenvalue weighted by molar-refractivity contribution is 9.10. The Morgan fingerprint density at radius 3 is 3.00 bits per heavy atom. The maximum Gasteiger partial charge on any atom is 0.143 e. The Balaban J connectivity index is 2.35. The standard InChI is InChI=1S/C11H12BrN3S/c1-7(13-2)9-6-16-11(15-9)10-8(12)4-3-5-14-10/h3-7,13H,1-2H3. The van der Waals surface area contributed by atoms with Crippen molar-refractivity contribution >= 4 is 27.3 Å².